The molecule has 0 radical (unpaired) electrons. The minimum absolute atomic E-state index is 0.443. The first-order valence-electron chi connectivity index (χ1n) is 7.08. The molecule has 5 heteroatoms. The molecule has 1 saturated carbocycles. The van der Waals surface area contributed by atoms with Gasteiger partial charge in [0.05, 0.1) is 5.69 Å². The molecule has 1 aliphatic carbocycles. The van der Waals surface area contributed by atoms with E-state index >= 15 is 0 Å². The van der Waals surface area contributed by atoms with E-state index in [4.69, 9.17) is 0 Å². The van der Waals surface area contributed by atoms with Crippen LogP contribution in [0.3, 0.4) is 0 Å². The summed E-state index contributed by atoms with van der Waals surface area (Å²) in [6, 6.07) is 3.68. The van der Waals surface area contributed by atoms with E-state index in [1.165, 1.54) is 38.2 Å². The third-order valence-electron chi connectivity index (χ3n) is 3.76. The summed E-state index contributed by atoms with van der Waals surface area (Å²) in [7, 11) is 0. The van der Waals surface area contributed by atoms with Crippen molar-refractivity contribution in [1.82, 2.24) is 9.97 Å². The normalized spacial score (nSPS) is 16.3. The van der Waals surface area contributed by atoms with Crippen LogP contribution >= 0.6 is 11.3 Å². The molecular formula is C15H18FN3S. The van der Waals surface area contributed by atoms with Gasteiger partial charge in [0.25, 0.3) is 0 Å². The highest BCUT2D eigenvalue weighted by atomic mass is 32.1. The highest BCUT2D eigenvalue weighted by molar-refractivity contribution is 7.14. The lowest BCUT2D eigenvalue weighted by molar-refractivity contribution is 0.462. The van der Waals surface area contributed by atoms with Gasteiger partial charge in [-0.15, -0.1) is 11.3 Å². The first-order valence-corrected chi connectivity index (χ1v) is 7.96. The van der Waals surface area contributed by atoms with Crippen molar-refractivity contribution in [3.8, 4) is 11.3 Å². The Kier molecular flexibility index (Phi) is 3.96. The number of aromatic nitrogens is 2. The second-order valence-electron chi connectivity index (χ2n) is 5.28. The molecule has 0 aromatic carbocycles. The summed E-state index contributed by atoms with van der Waals surface area (Å²) in [5, 5.41) is 6.48. The zero-order valence-electron chi connectivity index (χ0n) is 11.5. The highest BCUT2D eigenvalue weighted by Gasteiger charge is 2.15. The van der Waals surface area contributed by atoms with E-state index in [2.05, 4.69) is 15.3 Å². The van der Waals surface area contributed by atoms with Crippen LogP contribution in [0.25, 0.3) is 11.3 Å². The van der Waals surface area contributed by atoms with Gasteiger partial charge in [0.1, 0.15) is 0 Å². The predicted molar refractivity (Wildman–Crippen MR) is 80.5 cm³/mol. The second-order valence-corrected chi connectivity index (χ2v) is 6.14. The van der Waals surface area contributed by atoms with Crippen molar-refractivity contribution in [2.45, 2.75) is 45.1 Å². The third-order valence-corrected chi connectivity index (χ3v) is 4.54. The van der Waals surface area contributed by atoms with Crippen molar-refractivity contribution in [3.05, 3.63) is 29.2 Å². The number of nitrogens with one attached hydrogen (secondary N) is 1. The van der Waals surface area contributed by atoms with Crippen LogP contribution in [0.5, 0.6) is 0 Å². The maximum Gasteiger partial charge on any atom is 0.213 e. The van der Waals surface area contributed by atoms with Crippen molar-refractivity contribution in [2.24, 2.45) is 0 Å². The molecule has 0 saturated heterocycles. The molecule has 1 aliphatic rings. The van der Waals surface area contributed by atoms with Gasteiger partial charge in [-0.25, -0.2) is 9.97 Å². The number of thiazole rings is 1. The fourth-order valence-corrected chi connectivity index (χ4v) is 3.48. The van der Waals surface area contributed by atoms with Crippen LogP contribution in [0.4, 0.5) is 9.52 Å². The molecule has 2 aromatic heterocycles. The average Bonchev–Trinajstić information content (AvgIpc) is 2.88. The number of nitrogens with zero attached hydrogens (tertiary/aromatic N) is 2. The number of aryl methyl sites for hydroxylation is 1. The van der Waals surface area contributed by atoms with E-state index in [9.17, 15) is 4.39 Å². The number of hydrogen-bond donors (Lipinski definition) is 1. The van der Waals surface area contributed by atoms with Gasteiger partial charge in [0.15, 0.2) is 5.13 Å². The molecule has 0 aliphatic heterocycles. The summed E-state index contributed by atoms with van der Waals surface area (Å²) >= 11 is 1.61. The molecule has 1 N–H and O–H groups in total. The number of anilines is 1. The first-order chi connectivity index (χ1) is 9.72. The minimum atomic E-state index is -0.443. The fraction of sp³-hybridized carbons (Fsp3) is 0.467. The molecule has 0 spiro atoms. The summed E-state index contributed by atoms with van der Waals surface area (Å²) in [5.74, 6) is -0.443. The van der Waals surface area contributed by atoms with Crippen LogP contribution in [-0.2, 0) is 0 Å². The predicted octanol–water partition coefficient (Wildman–Crippen LogP) is 4.40. The van der Waals surface area contributed by atoms with Gasteiger partial charge in [-0.2, -0.15) is 4.39 Å². The maximum absolute atomic E-state index is 13.0. The van der Waals surface area contributed by atoms with Crippen LogP contribution in [0.2, 0.25) is 0 Å². The minimum Gasteiger partial charge on any atom is -0.359 e. The van der Waals surface area contributed by atoms with Crippen molar-refractivity contribution < 1.29 is 4.39 Å². The summed E-state index contributed by atoms with van der Waals surface area (Å²) in [6.45, 7) is 1.81. The van der Waals surface area contributed by atoms with Crippen molar-refractivity contribution in [3.63, 3.8) is 0 Å². The SMILES string of the molecule is Cc1nc(F)ccc1-c1csc(NC2CCCCC2)n1. The standard InChI is InChI=1S/C15H18FN3S/c1-10-12(7-8-14(16)17-10)13-9-20-15(19-13)18-11-5-3-2-4-6-11/h7-9,11H,2-6H2,1H3,(H,18,19). The number of halogens is 1. The summed E-state index contributed by atoms with van der Waals surface area (Å²) in [5.41, 5.74) is 2.46. The molecule has 2 heterocycles. The Morgan fingerprint density at radius 3 is 2.75 bits per heavy atom. The van der Waals surface area contributed by atoms with Crippen LogP contribution in [-0.4, -0.2) is 16.0 Å². The van der Waals surface area contributed by atoms with E-state index in [1.54, 1.807) is 17.4 Å². The molecule has 3 rings (SSSR count). The van der Waals surface area contributed by atoms with E-state index in [-0.39, 0.29) is 0 Å². The van der Waals surface area contributed by atoms with Crippen molar-refractivity contribution >= 4 is 16.5 Å². The third kappa shape index (κ3) is 2.98. The smallest absolute Gasteiger partial charge is 0.213 e. The molecule has 20 heavy (non-hydrogen) atoms. The van der Waals surface area contributed by atoms with Crippen molar-refractivity contribution in [2.75, 3.05) is 5.32 Å². The Morgan fingerprint density at radius 2 is 2.00 bits per heavy atom. The summed E-state index contributed by atoms with van der Waals surface area (Å²) in [4.78, 5) is 8.46. The van der Waals surface area contributed by atoms with Gasteiger partial charge in [-0.3, -0.25) is 0 Å². The van der Waals surface area contributed by atoms with Gasteiger partial charge in [-0.1, -0.05) is 19.3 Å². The molecule has 1 fully saturated rings. The second kappa shape index (κ2) is 5.87. The Morgan fingerprint density at radius 1 is 1.20 bits per heavy atom. The van der Waals surface area contributed by atoms with E-state index in [0.29, 0.717) is 11.7 Å². The van der Waals surface area contributed by atoms with Gasteiger partial charge < -0.3 is 5.32 Å². The monoisotopic (exact) mass is 291 g/mol. The lowest BCUT2D eigenvalue weighted by atomic mass is 9.96. The summed E-state index contributed by atoms with van der Waals surface area (Å²) in [6.07, 6.45) is 6.41. The van der Waals surface area contributed by atoms with Gasteiger partial charge >= 0.3 is 0 Å². The topological polar surface area (TPSA) is 37.8 Å². The number of pyridine rings is 1. The number of rotatable bonds is 3. The molecule has 106 valence electrons. The van der Waals surface area contributed by atoms with Crippen LogP contribution < -0.4 is 5.32 Å². The largest absolute Gasteiger partial charge is 0.359 e. The maximum atomic E-state index is 13.0. The molecule has 0 atom stereocenters. The fourth-order valence-electron chi connectivity index (χ4n) is 2.69. The Hall–Kier alpha value is -1.49. The van der Waals surface area contributed by atoms with Crippen LogP contribution in [0.1, 0.15) is 37.8 Å². The van der Waals surface area contributed by atoms with E-state index in [0.717, 1.165) is 16.4 Å². The molecule has 2 aromatic rings. The van der Waals surface area contributed by atoms with Crippen LogP contribution in [0.15, 0.2) is 17.5 Å². The first kappa shape index (κ1) is 13.5. The molecule has 0 amide bonds. The Bertz CT molecular complexity index is 591. The van der Waals surface area contributed by atoms with Crippen LogP contribution in [0, 0.1) is 12.9 Å². The average molecular weight is 291 g/mol. The summed E-state index contributed by atoms with van der Waals surface area (Å²) < 4.78 is 13.0. The van der Waals surface area contributed by atoms with E-state index in [1.807, 2.05) is 12.3 Å². The highest BCUT2D eigenvalue weighted by Crippen LogP contribution is 2.29. The van der Waals surface area contributed by atoms with Crippen molar-refractivity contribution in [1.29, 1.82) is 0 Å². The van der Waals surface area contributed by atoms with Gasteiger partial charge in [-0.05, 0) is 31.9 Å². The number of hydrogen-bond acceptors (Lipinski definition) is 4. The molecule has 0 unspecified atom stereocenters. The quantitative estimate of drug-likeness (QED) is 0.852. The Labute approximate surface area is 122 Å². The van der Waals surface area contributed by atoms with E-state index < -0.39 is 5.95 Å². The zero-order valence-corrected chi connectivity index (χ0v) is 12.3. The molecular weight excluding hydrogens is 273 g/mol. The lowest BCUT2D eigenvalue weighted by Gasteiger charge is -2.22. The van der Waals surface area contributed by atoms with Gasteiger partial charge in [0.2, 0.25) is 5.95 Å². The molecule has 3 nitrogen and oxygen atoms in total. The van der Waals surface area contributed by atoms with Gasteiger partial charge in [0, 0.05) is 22.7 Å². The molecule has 0 bridgehead atoms. The Balaban J connectivity index is 1.75. The zero-order chi connectivity index (χ0) is 13.9. The lowest BCUT2D eigenvalue weighted by Crippen LogP contribution is -2.21.